The van der Waals surface area contributed by atoms with Gasteiger partial charge in [-0.15, -0.1) is 0 Å². The van der Waals surface area contributed by atoms with E-state index in [4.69, 9.17) is 10.8 Å². The van der Waals surface area contributed by atoms with Crippen LogP contribution in [0.2, 0.25) is 0 Å². The zero-order chi connectivity index (χ0) is 10.8. The Morgan fingerprint density at radius 1 is 1.57 bits per heavy atom. The smallest absolute Gasteiger partial charge is 0.0547 e. The second-order valence-corrected chi connectivity index (χ2v) is 6.92. The third-order valence-electron chi connectivity index (χ3n) is 3.05. The topological polar surface area (TPSA) is 46.2 Å². The van der Waals surface area contributed by atoms with Crippen LogP contribution in [0.15, 0.2) is 0 Å². The Kier molecular flexibility index (Phi) is 4.29. The quantitative estimate of drug-likeness (QED) is 0.760. The molecule has 1 aliphatic carbocycles. The fourth-order valence-electron chi connectivity index (χ4n) is 2.03. The predicted molar refractivity (Wildman–Crippen MR) is 63.5 cm³/mol. The van der Waals surface area contributed by atoms with Gasteiger partial charge in [-0.1, -0.05) is 20.8 Å². The molecule has 0 aromatic carbocycles. The van der Waals surface area contributed by atoms with E-state index < -0.39 is 0 Å². The van der Waals surface area contributed by atoms with E-state index in [9.17, 15) is 0 Å². The highest BCUT2D eigenvalue weighted by Gasteiger charge is 2.33. The summed E-state index contributed by atoms with van der Waals surface area (Å²) >= 11 is 1.86. The van der Waals surface area contributed by atoms with Gasteiger partial charge < -0.3 is 10.8 Å². The maximum Gasteiger partial charge on any atom is 0.0547 e. The van der Waals surface area contributed by atoms with E-state index in [1.165, 1.54) is 12.8 Å². The Labute approximate surface area is 91.6 Å². The molecular formula is C11H23NOS. The largest absolute Gasteiger partial charge is 0.395 e. The maximum absolute atomic E-state index is 9.02. The van der Waals surface area contributed by atoms with Gasteiger partial charge in [-0.3, -0.25) is 0 Å². The summed E-state index contributed by atoms with van der Waals surface area (Å²) < 4.78 is 0. The van der Waals surface area contributed by atoms with Crippen LogP contribution in [0.3, 0.4) is 0 Å². The van der Waals surface area contributed by atoms with Crippen molar-refractivity contribution >= 4 is 11.8 Å². The van der Waals surface area contributed by atoms with Crippen molar-refractivity contribution < 1.29 is 5.11 Å². The normalized spacial score (nSPS) is 34.1. The van der Waals surface area contributed by atoms with Crippen molar-refractivity contribution in [2.45, 2.75) is 56.6 Å². The van der Waals surface area contributed by atoms with Gasteiger partial charge in [-0.2, -0.15) is 11.8 Å². The van der Waals surface area contributed by atoms with Crippen molar-refractivity contribution in [1.29, 1.82) is 0 Å². The van der Waals surface area contributed by atoms with E-state index in [0.29, 0.717) is 22.0 Å². The molecule has 0 aromatic heterocycles. The molecule has 0 spiro atoms. The standard InChI is InChI=1S/C11H23NOS/c1-8(7-13)14-10-6-11(2,3)5-4-9(10)12/h8-10,13H,4-7,12H2,1-3H3. The Balaban J connectivity index is 2.48. The highest BCUT2D eigenvalue weighted by Crippen LogP contribution is 2.40. The molecule has 1 saturated carbocycles. The van der Waals surface area contributed by atoms with E-state index in [-0.39, 0.29) is 6.61 Å². The van der Waals surface area contributed by atoms with Crippen LogP contribution in [0.4, 0.5) is 0 Å². The highest BCUT2D eigenvalue weighted by atomic mass is 32.2. The lowest BCUT2D eigenvalue weighted by Gasteiger charge is -2.39. The molecule has 1 aliphatic rings. The van der Waals surface area contributed by atoms with Gasteiger partial charge in [0.2, 0.25) is 0 Å². The number of hydrogen-bond acceptors (Lipinski definition) is 3. The van der Waals surface area contributed by atoms with Crippen LogP contribution in [0, 0.1) is 5.41 Å². The number of aliphatic hydroxyl groups is 1. The lowest BCUT2D eigenvalue weighted by molar-refractivity contribution is 0.231. The van der Waals surface area contributed by atoms with Crippen molar-refractivity contribution in [3.8, 4) is 0 Å². The number of thioether (sulfide) groups is 1. The second-order valence-electron chi connectivity index (χ2n) is 5.24. The van der Waals surface area contributed by atoms with Gasteiger partial charge in [0.25, 0.3) is 0 Å². The SMILES string of the molecule is CC(CO)SC1CC(C)(C)CCC1N. The second kappa shape index (κ2) is 4.86. The van der Waals surface area contributed by atoms with Crippen LogP contribution >= 0.6 is 11.8 Å². The van der Waals surface area contributed by atoms with Crippen molar-refractivity contribution in [2.75, 3.05) is 6.61 Å². The monoisotopic (exact) mass is 217 g/mol. The number of rotatable bonds is 3. The molecule has 0 heterocycles. The van der Waals surface area contributed by atoms with Gasteiger partial charge in [0.05, 0.1) is 6.61 Å². The summed E-state index contributed by atoms with van der Waals surface area (Å²) in [6.07, 6.45) is 3.55. The molecule has 0 amide bonds. The van der Waals surface area contributed by atoms with E-state index in [1.807, 2.05) is 11.8 Å². The minimum Gasteiger partial charge on any atom is -0.395 e. The molecule has 3 heteroatoms. The molecule has 1 rings (SSSR count). The van der Waals surface area contributed by atoms with Crippen molar-refractivity contribution in [3.05, 3.63) is 0 Å². The zero-order valence-corrected chi connectivity index (χ0v) is 10.3. The van der Waals surface area contributed by atoms with Crippen molar-refractivity contribution in [1.82, 2.24) is 0 Å². The fraction of sp³-hybridized carbons (Fsp3) is 1.00. The summed E-state index contributed by atoms with van der Waals surface area (Å²) in [5.41, 5.74) is 6.53. The summed E-state index contributed by atoms with van der Waals surface area (Å²) in [6.45, 7) is 6.96. The van der Waals surface area contributed by atoms with E-state index in [1.54, 1.807) is 0 Å². The zero-order valence-electron chi connectivity index (χ0n) is 9.49. The Morgan fingerprint density at radius 3 is 2.79 bits per heavy atom. The molecule has 3 atom stereocenters. The Bertz CT molecular complexity index is 184. The third kappa shape index (κ3) is 3.44. The molecule has 84 valence electrons. The summed E-state index contributed by atoms with van der Waals surface area (Å²) in [4.78, 5) is 0. The van der Waals surface area contributed by atoms with Crippen LogP contribution < -0.4 is 5.73 Å². The summed E-state index contributed by atoms with van der Waals surface area (Å²) in [5, 5.41) is 9.87. The minimum atomic E-state index is 0.258. The highest BCUT2D eigenvalue weighted by molar-refractivity contribution is 8.00. The molecule has 0 aromatic rings. The first kappa shape index (κ1) is 12.3. The molecule has 2 nitrogen and oxygen atoms in total. The summed E-state index contributed by atoms with van der Waals surface area (Å²) in [7, 11) is 0. The van der Waals surface area contributed by atoms with Crippen molar-refractivity contribution in [3.63, 3.8) is 0 Å². The molecule has 0 radical (unpaired) electrons. The van der Waals surface area contributed by atoms with Crippen LogP contribution in [-0.2, 0) is 0 Å². The molecule has 0 saturated heterocycles. The van der Waals surface area contributed by atoms with Gasteiger partial charge in [0, 0.05) is 16.5 Å². The van der Waals surface area contributed by atoms with Crippen molar-refractivity contribution in [2.24, 2.45) is 11.1 Å². The molecule has 14 heavy (non-hydrogen) atoms. The number of aliphatic hydroxyl groups excluding tert-OH is 1. The van der Waals surface area contributed by atoms with Crippen LogP contribution in [0.25, 0.3) is 0 Å². The van der Waals surface area contributed by atoms with Crippen LogP contribution in [0.5, 0.6) is 0 Å². The average Bonchev–Trinajstić information content (AvgIpc) is 2.11. The van der Waals surface area contributed by atoms with Gasteiger partial charge >= 0.3 is 0 Å². The van der Waals surface area contributed by atoms with Crippen LogP contribution in [0.1, 0.15) is 40.0 Å². The predicted octanol–water partition coefficient (Wildman–Crippen LogP) is 2.01. The molecule has 0 aliphatic heterocycles. The summed E-state index contributed by atoms with van der Waals surface area (Å²) in [6, 6.07) is 0.321. The molecule has 1 fully saturated rings. The first-order chi connectivity index (χ1) is 6.44. The van der Waals surface area contributed by atoms with Gasteiger partial charge in [-0.05, 0) is 24.7 Å². The number of nitrogens with two attached hydrogens (primary N) is 1. The minimum absolute atomic E-state index is 0.258. The molecular weight excluding hydrogens is 194 g/mol. The van der Waals surface area contributed by atoms with E-state index in [0.717, 1.165) is 6.42 Å². The first-order valence-corrected chi connectivity index (χ1v) is 6.41. The lowest BCUT2D eigenvalue weighted by atomic mass is 9.75. The molecule has 3 N–H and O–H groups in total. The van der Waals surface area contributed by atoms with Gasteiger partial charge in [0.1, 0.15) is 0 Å². The molecule has 0 bridgehead atoms. The van der Waals surface area contributed by atoms with Gasteiger partial charge in [-0.25, -0.2) is 0 Å². The fourth-order valence-corrected chi connectivity index (χ4v) is 3.60. The van der Waals surface area contributed by atoms with E-state index >= 15 is 0 Å². The van der Waals surface area contributed by atoms with E-state index in [2.05, 4.69) is 20.8 Å². The number of hydrogen-bond donors (Lipinski definition) is 2. The third-order valence-corrected chi connectivity index (χ3v) is 4.53. The first-order valence-electron chi connectivity index (χ1n) is 5.46. The molecule has 3 unspecified atom stereocenters. The maximum atomic E-state index is 9.02. The van der Waals surface area contributed by atoms with Gasteiger partial charge in [0.15, 0.2) is 0 Å². The summed E-state index contributed by atoms with van der Waals surface area (Å²) in [5.74, 6) is 0. The Morgan fingerprint density at radius 2 is 2.21 bits per heavy atom. The Hall–Kier alpha value is 0.270. The van der Waals surface area contributed by atoms with Crippen LogP contribution in [-0.4, -0.2) is 28.3 Å². The average molecular weight is 217 g/mol. The lowest BCUT2D eigenvalue weighted by Crippen LogP contribution is -2.42.